The zero-order valence-electron chi connectivity index (χ0n) is 71.6. The lowest BCUT2D eigenvalue weighted by atomic mass is 9.71. The van der Waals surface area contributed by atoms with Crippen LogP contribution in [0.2, 0.25) is 0 Å². The van der Waals surface area contributed by atoms with E-state index in [9.17, 15) is 49.3 Å². The van der Waals surface area contributed by atoms with E-state index in [0.717, 1.165) is 44.5 Å². The number of piperazine rings is 2. The summed E-state index contributed by atoms with van der Waals surface area (Å²) in [6.07, 6.45) is 4.02. The highest BCUT2D eigenvalue weighted by Crippen LogP contribution is 2.68. The number of ether oxygens (including phenoxy) is 14. The number of esters is 6. The van der Waals surface area contributed by atoms with E-state index in [-0.39, 0.29) is 105 Å². The van der Waals surface area contributed by atoms with Crippen LogP contribution in [0.15, 0.2) is 36.4 Å². The molecule has 30 nitrogen and oxygen atoms in total. The molecule has 32 heteroatoms. The van der Waals surface area contributed by atoms with Crippen LogP contribution in [0, 0.1) is 39.0 Å². The zero-order chi connectivity index (χ0) is 86.8. The summed E-state index contributed by atoms with van der Waals surface area (Å²) < 4.78 is 86.5. The number of hydrogen-bond acceptors (Lipinski definition) is 32. The molecule has 2 unspecified atom stereocenters. The van der Waals surface area contributed by atoms with Crippen LogP contribution in [0.25, 0.3) is 0 Å². The number of carbonyl (C=O) groups excluding carboxylic acids is 6. The number of thioether (sulfide) groups is 2. The minimum Gasteiger partial charge on any atom is -0.504 e. The van der Waals surface area contributed by atoms with E-state index in [2.05, 4.69) is 43.5 Å². The van der Waals surface area contributed by atoms with Gasteiger partial charge >= 0.3 is 35.8 Å². The summed E-state index contributed by atoms with van der Waals surface area (Å²) in [5.74, 6) is 2.07. The second-order valence-corrected chi connectivity index (χ2v) is 36.0. The summed E-state index contributed by atoms with van der Waals surface area (Å²) in [6, 6.07) is 8.22. The Morgan fingerprint density at radius 2 is 0.894 bits per heavy atom. The normalized spacial score (nSPS) is 27.1. The maximum Gasteiger partial charge on any atom is 0.331 e. The van der Waals surface area contributed by atoms with E-state index in [1.807, 2.05) is 74.4 Å². The van der Waals surface area contributed by atoms with Gasteiger partial charge in [0.2, 0.25) is 13.6 Å². The Bertz CT molecular complexity index is 5390. The predicted molar refractivity (Wildman–Crippen MR) is 449 cm³/mol. The lowest BCUT2D eigenvalue weighted by Crippen LogP contribution is -2.70. The molecule has 123 heavy (non-hydrogen) atoms. The minimum absolute atomic E-state index is 0.0289. The molecule has 4 saturated heterocycles. The van der Waals surface area contributed by atoms with Crippen LogP contribution in [-0.4, -0.2) is 201 Å². The Kier molecular flexibility index (Phi) is 23.2. The first-order valence-corrected chi connectivity index (χ1v) is 44.5. The van der Waals surface area contributed by atoms with Crippen molar-refractivity contribution in [1.82, 2.24) is 30.2 Å². The smallest absolute Gasteiger partial charge is 0.331 e. The lowest BCUT2D eigenvalue weighted by Gasteiger charge is -2.62. The molecule has 14 atom stereocenters. The number of aryl methyl sites for hydroxylation is 2. The van der Waals surface area contributed by atoms with Gasteiger partial charge in [-0.05, 0) is 162 Å². The van der Waals surface area contributed by atoms with Gasteiger partial charge in [0.1, 0.15) is 37.0 Å². The average molecular weight is 1730 g/mol. The number of likely N-dealkylation sites (N-methyl/N-ethyl adjacent to an activating group) is 2. The van der Waals surface area contributed by atoms with E-state index < -0.39 is 100 Å². The number of phenols is 2. The molecule has 5 N–H and O–H groups in total. The van der Waals surface area contributed by atoms with Gasteiger partial charge in [0.15, 0.2) is 80.1 Å². The number of fused-ring (bicyclic) bond motifs is 18. The highest BCUT2D eigenvalue weighted by Gasteiger charge is 2.65. The number of phenolic OH excluding ortho intramolecular Hbond substituents is 2. The van der Waals surface area contributed by atoms with Crippen LogP contribution >= 0.6 is 23.5 Å². The summed E-state index contributed by atoms with van der Waals surface area (Å²) in [5, 5.41) is 51.7. The maximum absolute atomic E-state index is 15.0. The molecule has 2 spiro atoms. The number of aromatic hydroxyl groups is 2. The first kappa shape index (κ1) is 85.2. The van der Waals surface area contributed by atoms with Gasteiger partial charge < -0.3 is 81.6 Å². The molecule has 0 amide bonds. The van der Waals surface area contributed by atoms with E-state index in [1.54, 1.807) is 38.5 Å². The van der Waals surface area contributed by atoms with Crippen LogP contribution in [0.4, 0.5) is 0 Å². The summed E-state index contributed by atoms with van der Waals surface area (Å²) in [7, 11) is 10.1. The molecule has 0 aromatic heterocycles. The van der Waals surface area contributed by atoms with Gasteiger partial charge in [-0.15, -0.1) is 23.5 Å². The SMILES string of the molecule is CCCC(=O)Oc1c(C)c2c(c3c1[C@H]1SC[C@]4(NCCc5cc(O)c(OC)cc54)C(=O)OC[C@@H]3N3C1[C@H]1c4c(cc(C)c(OC)c4OC(=O)CCC)C[C@@H]([C@@H]3C#N)N1C)OCO2.CCCC(=O)Oc1c(C)c2c(c3c1[C@H]1SC[C@]4(NCCc5cc(O)c(OC)cc54)C(=O)OC[C@@H]3N3C1[C@H]1c4c(cc(C)c(OC)c4OC(=O)CCC)C[C@@H]([C@@H]3O)N1C)OCO2. The highest BCUT2D eigenvalue weighted by atomic mass is 32.2. The number of aliphatic hydroxyl groups excluding tert-OH is 1. The number of nitrogens with zero attached hydrogens (tertiary/aromatic N) is 5. The quantitative estimate of drug-likeness (QED) is 0.0444. The number of rotatable bonds is 16. The van der Waals surface area contributed by atoms with Crippen molar-refractivity contribution >= 4 is 59.3 Å². The van der Waals surface area contributed by atoms with E-state index in [0.29, 0.717) is 166 Å². The van der Waals surface area contributed by atoms with Crippen LogP contribution in [-0.2, 0) is 75.0 Å². The zero-order valence-corrected chi connectivity index (χ0v) is 73.2. The molecular weight excluding hydrogens is 1620 g/mol. The average Bonchev–Trinajstić information content (AvgIpc) is 1.26. The van der Waals surface area contributed by atoms with Crippen LogP contribution in [0.5, 0.6) is 80.5 Å². The van der Waals surface area contributed by atoms with E-state index >= 15 is 0 Å². The van der Waals surface area contributed by atoms with Gasteiger partial charge in [-0.1, -0.05) is 39.8 Å². The van der Waals surface area contributed by atoms with Crippen LogP contribution in [0.1, 0.15) is 203 Å². The van der Waals surface area contributed by atoms with Gasteiger partial charge in [-0.2, -0.15) is 5.26 Å². The molecule has 20 rings (SSSR count). The Labute approximate surface area is 721 Å². The highest BCUT2D eigenvalue weighted by molar-refractivity contribution is 7.99. The molecule has 6 aromatic carbocycles. The van der Waals surface area contributed by atoms with Crippen molar-refractivity contribution in [1.29, 1.82) is 5.26 Å². The molecule has 8 bridgehead atoms. The molecule has 0 aliphatic carbocycles. The number of aliphatic hydroxyl groups is 1. The third-order valence-corrected chi connectivity index (χ3v) is 29.8. The van der Waals surface area contributed by atoms with Gasteiger partial charge in [0.25, 0.3) is 0 Å². The van der Waals surface area contributed by atoms with Gasteiger partial charge in [-0.3, -0.25) is 49.4 Å². The molecule has 654 valence electrons. The first-order valence-electron chi connectivity index (χ1n) is 42.4. The minimum atomic E-state index is -1.39. The maximum atomic E-state index is 15.0. The molecule has 0 saturated carbocycles. The first-order chi connectivity index (χ1) is 59.3. The standard InChI is InChI=1S/C46H52N4O11S.C45H53N3O12S/c1-8-10-32(52)60-40-23(4)41-42(59-21-58-41)35-29-19-57-45(54)46(26-17-31(55-6)30(51)16-24(26)12-13-48-46)20-62-44(36(35)40)38-37-34-25(15-27(49(37)5)28(18-47)50(29)38)14-22(3)39(56-7)43(34)61-33(53)11-9-2;1-8-10-30(50)59-38-22(4)39-40(58-20-57-39)33-27-18-56-44(53)45(25-17-29(54-6)28(49)16-23(25)12-13-46-45)19-61-42(34(33)38)36-35-32-24(15-26(47(35)5)43(52)48(27)36)14-21(3)37(55-7)41(32)60-31(51)11-9-2/h14,16-17,27-29,37-38,44,48,51H,8-13,15,19-21H2,1-7H3;14,16-17,26-27,35-36,42-43,46,49,52H,8-13,15,18-20H2,1-7H3/t27-,28-,29-,37+,38?,44+,46+;26-,27-,35+,36?,42+,43-,45+/m00/s1. The van der Waals surface area contributed by atoms with Gasteiger partial charge in [0.05, 0.1) is 75.2 Å². The molecule has 0 radical (unpaired) electrons. The van der Waals surface area contributed by atoms with Crippen molar-refractivity contribution in [2.45, 2.75) is 215 Å². The fraction of sp³-hybridized carbons (Fsp3) is 0.527. The van der Waals surface area contributed by atoms with Gasteiger partial charge in [-0.25, -0.2) is 9.59 Å². The fourth-order valence-electron chi connectivity index (χ4n) is 21.5. The van der Waals surface area contributed by atoms with Crippen molar-refractivity contribution in [3.05, 3.63) is 125 Å². The molecular formula is C91H105N7O23S2. The molecule has 4 fully saturated rings. The lowest BCUT2D eigenvalue weighted by molar-refractivity contribution is -0.186. The Morgan fingerprint density at radius 1 is 0.504 bits per heavy atom. The number of nitrogens with one attached hydrogen (secondary N) is 2. The monoisotopic (exact) mass is 1730 g/mol. The number of carbonyl (C=O) groups is 6. The van der Waals surface area contributed by atoms with E-state index in [1.165, 1.54) is 37.7 Å². The van der Waals surface area contributed by atoms with Crippen molar-refractivity contribution < 1.29 is 110 Å². The number of nitriles is 1. The Hall–Kier alpha value is -9.95. The second kappa shape index (κ2) is 33.5. The van der Waals surface area contributed by atoms with Crippen molar-refractivity contribution in [2.24, 2.45) is 0 Å². The molecule has 14 aliphatic rings. The van der Waals surface area contributed by atoms with Crippen molar-refractivity contribution in [2.75, 3.05) is 93.9 Å². The van der Waals surface area contributed by atoms with Crippen molar-refractivity contribution in [3.63, 3.8) is 0 Å². The largest absolute Gasteiger partial charge is 0.504 e. The third-order valence-electron chi connectivity index (χ3n) is 26.9. The summed E-state index contributed by atoms with van der Waals surface area (Å²) >= 11 is 2.97. The van der Waals surface area contributed by atoms with Crippen LogP contribution in [0.3, 0.4) is 0 Å². The molecule has 14 aliphatic heterocycles. The van der Waals surface area contributed by atoms with Crippen LogP contribution < -0.4 is 67.5 Å². The molecule has 6 aromatic rings. The topological polar surface area (TPSA) is 353 Å². The number of benzene rings is 6. The fourth-order valence-corrected chi connectivity index (χ4v) is 24.9. The molecule has 14 heterocycles. The summed E-state index contributed by atoms with van der Waals surface area (Å²) in [5.41, 5.74) is 8.90. The van der Waals surface area contributed by atoms with Gasteiger partial charge in [0, 0.05) is 113 Å². The van der Waals surface area contributed by atoms with E-state index in [4.69, 9.17) is 66.3 Å². The summed E-state index contributed by atoms with van der Waals surface area (Å²) in [6.45, 7) is 15.5. The Balaban J connectivity index is 0.000000175. The third kappa shape index (κ3) is 13.6. The van der Waals surface area contributed by atoms with Crippen molar-refractivity contribution in [3.8, 4) is 86.6 Å². The second-order valence-electron chi connectivity index (χ2n) is 33.7. The number of methoxy groups -OCH3 is 4. The number of hydrogen-bond donors (Lipinski definition) is 5. The predicted octanol–water partition coefficient (Wildman–Crippen LogP) is 11.0. The Morgan fingerprint density at radius 3 is 1.30 bits per heavy atom. The summed E-state index contributed by atoms with van der Waals surface area (Å²) in [4.78, 5) is 92.7.